The number of pyridine rings is 1. The van der Waals surface area contributed by atoms with Gasteiger partial charge in [0.25, 0.3) is 0 Å². The van der Waals surface area contributed by atoms with Crippen LogP contribution in [-0.2, 0) is 6.54 Å². The Morgan fingerprint density at radius 1 is 1.35 bits per heavy atom. The Kier molecular flexibility index (Phi) is 4.23. The lowest BCUT2D eigenvalue weighted by atomic mass is 10.2. The fraction of sp³-hybridized carbons (Fsp3) is 0.385. The van der Waals surface area contributed by atoms with E-state index in [0.29, 0.717) is 0 Å². The summed E-state index contributed by atoms with van der Waals surface area (Å²) in [5, 5.41) is 4.44. The molecule has 0 amide bonds. The van der Waals surface area contributed by atoms with Gasteiger partial charge >= 0.3 is 0 Å². The molecule has 0 unspecified atom stereocenters. The van der Waals surface area contributed by atoms with Crippen molar-refractivity contribution in [1.82, 2.24) is 15.3 Å². The summed E-state index contributed by atoms with van der Waals surface area (Å²) in [6.07, 6.45) is 6.82. The Hall–Kier alpha value is -1.26. The summed E-state index contributed by atoms with van der Waals surface area (Å²) in [5.74, 6) is 0. The van der Waals surface area contributed by atoms with Crippen LogP contribution < -0.4 is 5.32 Å². The molecule has 90 valence electrons. The molecule has 2 aromatic heterocycles. The summed E-state index contributed by atoms with van der Waals surface area (Å²) >= 11 is 1.74. The average molecular weight is 247 g/mol. The first kappa shape index (κ1) is 12.2. The number of aromatic nitrogens is 2. The van der Waals surface area contributed by atoms with Crippen molar-refractivity contribution in [3.8, 4) is 10.6 Å². The molecule has 2 aromatic rings. The first-order valence-corrected chi connectivity index (χ1v) is 6.69. The van der Waals surface area contributed by atoms with Crippen LogP contribution in [0.2, 0.25) is 0 Å². The Morgan fingerprint density at radius 3 is 3.00 bits per heavy atom. The van der Waals surface area contributed by atoms with Crippen LogP contribution in [0.5, 0.6) is 0 Å². The fourth-order valence-electron chi connectivity index (χ4n) is 1.59. The highest BCUT2D eigenvalue weighted by Crippen LogP contribution is 2.26. The molecule has 3 nitrogen and oxygen atoms in total. The van der Waals surface area contributed by atoms with E-state index in [9.17, 15) is 0 Å². The first-order valence-electron chi connectivity index (χ1n) is 5.87. The molecule has 0 saturated heterocycles. The predicted molar refractivity (Wildman–Crippen MR) is 72.1 cm³/mol. The molecule has 0 aliphatic rings. The minimum atomic E-state index is 0.908. The Morgan fingerprint density at radius 2 is 2.24 bits per heavy atom. The van der Waals surface area contributed by atoms with E-state index in [-0.39, 0.29) is 0 Å². The van der Waals surface area contributed by atoms with Gasteiger partial charge < -0.3 is 5.32 Å². The van der Waals surface area contributed by atoms with Crippen molar-refractivity contribution in [3.63, 3.8) is 0 Å². The van der Waals surface area contributed by atoms with Gasteiger partial charge in [0, 0.05) is 35.6 Å². The van der Waals surface area contributed by atoms with E-state index in [2.05, 4.69) is 29.1 Å². The van der Waals surface area contributed by atoms with Gasteiger partial charge in [-0.3, -0.25) is 4.98 Å². The second-order valence-electron chi connectivity index (χ2n) is 4.00. The molecule has 0 aromatic carbocycles. The van der Waals surface area contributed by atoms with Crippen LogP contribution >= 0.6 is 11.3 Å². The number of nitrogens with one attached hydrogen (secondary N) is 1. The maximum absolute atomic E-state index is 4.46. The molecule has 2 heterocycles. The van der Waals surface area contributed by atoms with Crippen molar-refractivity contribution in [3.05, 3.63) is 35.1 Å². The number of nitrogens with zero attached hydrogens (tertiary/aromatic N) is 2. The Bertz CT molecular complexity index is 479. The molecule has 2 rings (SSSR count). The number of rotatable bonds is 5. The lowest BCUT2D eigenvalue weighted by Gasteiger charge is -2.00. The Labute approximate surface area is 106 Å². The van der Waals surface area contributed by atoms with Gasteiger partial charge in [-0.2, -0.15) is 0 Å². The molecule has 17 heavy (non-hydrogen) atoms. The van der Waals surface area contributed by atoms with Gasteiger partial charge in [-0.25, -0.2) is 4.98 Å². The number of aryl methyl sites for hydroxylation is 1. The van der Waals surface area contributed by atoms with Gasteiger partial charge in [-0.1, -0.05) is 6.92 Å². The molecule has 1 N–H and O–H groups in total. The fourth-order valence-corrected chi connectivity index (χ4v) is 2.55. The molecule has 0 bridgehead atoms. The van der Waals surface area contributed by atoms with Crippen LogP contribution in [0.4, 0.5) is 0 Å². The van der Waals surface area contributed by atoms with Gasteiger partial charge in [0.2, 0.25) is 0 Å². The van der Waals surface area contributed by atoms with Gasteiger partial charge in [0.05, 0.1) is 0 Å². The minimum Gasteiger partial charge on any atom is -0.312 e. The van der Waals surface area contributed by atoms with E-state index in [1.165, 1.54) is 10.4 Å². The zero-order valence-corrected chi connectivity index (χ0v) is 11.0. The van der Waals surface area contributed by atoms with Gasteiger partial charge in [-0.05, 0) is 31.5 Å². The molecule has 0 spiro atoms. The van der Waals surface area contributed by atoms with Crippen LogP contribution in [0, 0.1) is 6.92 Å². The molecule has 0 aliphatic carbocycles. The standard InChI is InChI=1S/C13H17N3S/c1-3-5-14-7-11-8-16-13(17-11)12-9-15-6-4-10(12)2/h4,6,8-9,14H,3,5,7H2,1-2H3. The van der Waals surface area contributed by atoms with Crippen molar-refractivity contribution >= 4 is 11.3 Å². The molecule has 0 radical (unpaired) electrons. The largest absolute Gasteiger partial charge is 0.312 e. The molecule has 4 heteroatoms. The number of hydrogen-bond acceptors (Lipinski definition) is 4. The third-order valence-electron chi connectivity index (χ3n) is 2.55. The maximum atomic E-state index is 4.46. The topological polar surface area (TPSA) is 37.8 Å². The van der Waals surface area contributed by atoms with E-state index >= 15 is 0 Å². The van der Waals surface area contributed by atoms with Crippen LogP contribution in [-0.4, -0.2) is 16.5 Å². The van der Waals surface area contributed by atoms with Crippen LogP contribution in [0.25, 0.3) is 10.6 Å². The normalized spacial score (nSPS) is 10.7. The van der Waals surface area contributed by atoms with E-state index in [4.69, 9.17) is 0 Å². The number of hydrogen-bond donors (Lipinski definition) is 1. The zero-order valence-electron chi connectivity index (χ0n) is 10.2. The molecular weight excluding hydrogens is 230 g/mol. The van der Waals surface area contributed by atoms with E-state index in [1.807, 2.05) is 24.7 Å². The van der Waals surface area contributed by atoms with Crippen molar-refractivity contribution in [2.24, 2.45) is 0 Å². The predicted octanol–water partition coefficient (Wildman–Crippen LogP) is 3.01. The van der Waals surface area contributed by atoms with E-state index in [0.717, 1.165) is 30.1 Å². The summed E-state index contributed by atoms with van der Waals surface area (Å²) < 4.78 is 0. The monoisotopic (exact) mass is 247 g/mol. The minimum absolute atomic E-state index is 0.908. The molecule has 0 aliphatic heterocycles. The molecule has 0 saturated carbocycles. The van der Waals surface area contributed by atoms with Crippen LogP contribution in [0.3, 0.4) is 0 Å². The summed E-state index contributed by atoms with van der Waals surface area (Å²) in [6, 6.07) is 2.02. The zero-order chi connectivity index (χ0) is 12.1. The summed E-state index contributed by atoms with van der Waals surface area (Å²) in [4.78, 5) is 9.90. The Balaban J connectivity index is 2.10. The van der Waals surface area contributed by atoms with Gasteiger partial charge in [0.1, 0.15) is 5.01 Å². The molecule has 0 atom stereocenters. The average Bonchev–Trinajstić information content (AvgIpc) is 2.79. The third kappa shape index (κ3) is 3.11. The molecule has 0 fully saturated rings. The van der Waals surface area contributed by atoms with Crippen LogP contribution in [0.1, 0.15) is 23.8 Å². The van der Waals surface area contributed by atoms with Crippen molar-refractivity contribution in [2.45, 2.75) is 26.8 Å². The maximum Gasteiger partial charge on any atom is 0.125 e. The SMILES string of the molecule is CCCNCc1cnc(-c2cnccc2C)s1. The second kappa shape index (κ2) is 5.89. The molecular formula is C13H17N3S. The summed E-state index contributed by atoms with van der Waals surface area (Å²) in [6.45, 7) is 6.22. The van der Waals surface area contributed by atoms with Gasteiger partial charge in [0.15, 0.2) is 0 Å². The van der Waals surface area contributed by atoms with Gasteiger partial charge in [-0.15, -0.1) is 11.3 Å². The highest BCUT2D eigenvalue weighted by Gasteiger charge is 2.06. The highest BCUT2D eigenvalue weighted by molar-refractivity contribution is 7.15. The third-order valence-corrected chi connectivity index (χ3v) is 3.58. The van der Waals surface area contributed by atoms with Crippen molar-refractivity contribution in [2.75, 3.05) is 6.54 Å². The summed E-state index contributed by atoms with van der Waals surface area (Å²) in [7, 11) is 0. The first-order chi connectivity index (χ1) is 8.31. The van der Waals surface area contributed by atoms with Crippen molar-refractivity contribution in [1.29, 1.82) is 0 Å². The number of thiazole rings is 1. The lowest BCUT2D eigenvalue weighted by Crippen LogP contribution is -2.12. The second-order valence-corrected chi connectivity index (χ2v) is 5.11. The van der Waals surface area contributed by atoms with E-state index in [1.54, 1.807) is 11.3 Å². The van der Waals surface area contributed by atoms with Crippen LogP contribution in [0.15, 0.2) is 24.7 Å². The smallest absolute Gasteiger partial charge is 0.125 e. The van der Waals surface area contributed by atoms with Crippen molar-refractivity contribution < 1.29 is 0 Å². The quantitative estimate of drug-likeness (QED) is 0.825. The summed E-state index contributed by atoms with van der Waals surface area (Å²) in [5.41, 5.74) is 2.36. The van der Waals surface area contributed by atoms with E-state index < -0.39 is 0 Å². The lowest BCUT2D eigenvalue weighted by molar-refractivity contribution is 0.681. The highest BCUT2D eigenvalue weighted by atomic mass is 32.1.